The molecule has 0 aliphatic rings. The van der Waals surface area contributed by atoms with Gasteiger partial charge in [0.15, 0.2) is 0 Å². The lowest BCUT2D eigenvalue weighted by Gasteiger charge is -2.13. The normalized spacial score (nSPS) is 11.5. The number of aromatic nitrogens is 2. The van der Waals surface area contributed by atoms with E-state index in [1.165, 1.54) is 0 Å². The SMILES string of the molecule is CC(C)Cc1nc2cc(NC(C)C)c(N)cc2[nH]c1=O. The number of rotatable bonds is 4. The predicted octanol–water partition coefficient (Wildman–Crippen LogP) is 2.52. The molecule has 0 aliphatic heterocycles. The van der Waals surface area contributed by atoms with Gasteiger partial charge in [-0.05, 0) is 38.3 Å². The first-order chi connectivity index (χ1) is 9.36. The van der Waals surface area contributed by atoms with E-state index in [0.717, 1.165) is 11.2 Å². The lowest BCUT2D eigenvalue weighted by molar-refractivity contribution is 0.631. The van der Waals surface area contributed by atoms with Crippen LogP contribution in [-0.4, -0.2) is 16.0 Å². The van der Waals surface area contributed by atoms with Crippen molar-refractivity contribution in [1.29, 1.82) is 0 Å². The molecule has 5 nitrogen and oxygen atoms in total. The molecular formula is C15H22N4O. The minimum Gasteiger partial charge on any atom is -0.397 e. The van der Waals surface area contributed by atoms with Crippen LogP contribution in [0.1, 0.15) is 33.4 Å². The highest BCUT2D eigenvalue weighted by Gasteiger charge is 2.10. The first-order valence-electron chi connectivity index (χ1n) is 6.95. The predicted molar refractivity (Wildman–Crippen MR) is 84.1 cm³/mol. The molecule has 0 unspecified atom stereocenters. The summed E-state index contributed by atoms with van der Waals surface area (Å²) in [6.45, 7) is 8.24. The smallest absolute Gasteiger partial charge is 0.270 e. The standard InChI is InChI=1S/C15H22N4O/c1-8(2)5-14-15(20)19-12-6-10(16)11(17-9(3)4)7-13(12)18-14/h6-9,17H,5,16H2,1-4H3,(H,19,20). The molecule has 1 aromatic heterocycles. The Morgan fingerprint density at radius 3 is 2.60 bits per heavy atom. The van der Waals surface area contributed by atoms with Crippen molar-refractivity contribution in [2.24, 2.45) is 5.92 Å². The summed E-state index contributed by atoms with van der Waals surface area (Å²) in [7, 11) is 0. The van der Waals surface area contributed by atoms with E-state index < -0.39 is 0 Å². The third-order valence-corrected chi connectivity index (χ3v) is 2.98. The van der Waals surface area contributed by atoms with E-state index in [1.807, 2.05) is 19.9 Å². The van der Waals surface area contributed by atoms with Crippen molar-refractivity contribution < 1.29 is 0 Å². The van der Waals surface area contributed by atoms with E-state index in [1.54, 1.807) is 6.07 Å². The summed E-state index contributed by atoms with van der Waals surface area (Å²) < 4.78 is 0. The summed E-state index contributed by atoms with van der Waals surface area (Å²) in [5.41, 5.74) is 9.34. The van der Waals surface area contributed by atoms with Gasteiger partial charge in [0.25, 0.3) is 5.56 Å². The van der Waals surface area contributed by atoms with Crippen LogP contribution in [0.3, 0.4) is 0 Å². The van der Waals surface area contributed by atoms with Crippen molar-refractivity contribution in [1.82, 2.24) is 9.97 Å². The van der Waals surface area contributed by atoms with Crippen molar-refractivity contribution in [2.45, 2.75) is 40.2 Å². The van der Waals surface area contributed by atoms with Gasteiger partial charge in [0.1, 0.15) is 5.69 Å². The molecule has 1 aromatic carbocycles. The summed E-state index contributed by atoms with van der Waals surface area (Å²) in [6.07, 6.45) is 0.669. The van der Waals surface area contributed by atoms with Crippen molar-refractivity contribution >= 4 is 22.4 Å². The molecule has 0 amide bonds. The summed E-state index contributed by atoms with van der Waals surface area (Å²) >= 11 is 0. The van der Waals surface area contributed by atoms with Gasteiger partial charge in [-0.2, -0.15) is 0 Å². The summed E-state index contributed by atoms with van der Waals surface area (Å²) in [4.78, 5) is 19.3. The fourth-order valence-electron chi connectivity index (χ4n) is 2.15. The molecule has 0 radical (unpaired) electrons. The topological polar surface area (TPSA) is 83.8 Å². The van der Waals surface area contributed by atoms with Crippen LogP contribution < -0.4 is 16.6 Å². The number of benzene rings is 1. The molecule has 0 bridgehead atoms. The fourth-order valence-corrected chi connectivity index (χ4v) is 2.15. The highest BCUT2D eigenvalue weighted by atomic mass is 16.1. The van der Waals surface area contributed by atoms with Crippen molar-refractivity contribution in [3.63, 3.8) is 0 Å². The molecule has 2 aromatic rings. The van der Waals surface area contributed by atoms with Crippen LogP contribution in [0.5, 0.6) is 0 Å². The van der Waals surface area contributed by atoms with Crippen LogP contribution in [-0.2, 0) is 6.42 Å². The maximum Gasteiger partial charge on any atom is 0.270 e. The largest absolute Gasteiger partial charge is 0.397 e. The number of H-pyrrole nitrogens is 1. The Morgan fingerprint density at radius 1 is 1.30 bits per heavy atom. The number of nitrogens with zero attached hydrogens (tertiary/aromatic N) is 1. The maximum atomic E-state index is 12.0. The monoisotopic (exact) mass is 274 g/mol. The Labute approximate surface area is 118 Å². The highest BCUT2D eigenvalue weighted by molar-refractivity contribution is 5.86. The van der Waals surface area contributed by atoms with Gasteiger partial charge in [0, 0.05) is 6.04 Å². The molecule has 0 atom stereocenters. The second-order valence-electron chi connectivity index (χ2n) is 5.87. The molecule has 108 valence electrons. The Balaban J connectivity index is 2.54. The number of aromatic amines is 1. The van der Waals surface area contributed by atoms with Crippen molar-refractivity contribution in [3.05, 3.63) is 28.2 Å². The Morgan fingerprint density at radius 2 is 2.00 bits per heavy atom. The second kappa shape index (κ2) is 5.53. The molecule has 5 heteroatoms. The lowest BCUT2D eigenvalue weighted by Crippen LogP contribution is -2.17. The Bertz CT molecular complexity index is 673. The number of fused-ring (bicyclic) bond motifs is 1. The molecule has 0 saturated carbocycles. The molecule has 0 spiro atoms. The quantitative estimate of drug-likeness (QED) is 0.748. The van der Waals surface area contributed by atoms with Crippen molar-refractivity contribution in [3.8, 4) is 0 Å². The average molecular weight is 274 g/mol. The van der Waals surface area contributed by atoms with Gasteiger partial charge in [-0.3, -0.25) is 4.79 Å². The zero-order chi connectivity index (χ0) is 14.9. The van der Waals surface area contributed by atoms with E-state index in [9.17, 15) is 4.79 Å². The zero-order valence-corrected chi connectivity index (χ0v) is 12.4. The summed E-state index contributed by atoms with van der Waals surface area (Å²) in [5, 5.41) is 3.28. The highest BCUT2D eigenvalue weighted by Crippen LogP contribution is 2.24. The van der Waals surface area contributed by atoms with Gasteiger partial charge in [-0.1, -0.05) is 13.8 Å². The molecule has 2 rings (SSSR count). The van der Waals surface area contributed by atoms with E-state index in [-0.39, 0.29) is 11.6 Å². The Hall–Kier alpha value is -2.04. The minimum atomic E-state index is -0.129. The molecule has 1 heterocycles. The van der Waals surface area contributed by atoms with E-state index in [0.29, 0.717) is 29.2 Å². The van der Waals surface area contributed by atoms with Gasteiger partial charge < -0.3 is 16.0 Å². The molecule has 4 N–H and O–H groups in total. The number of nitrogens with two attached hydrogens (primary N) is 1. The van der Waals surface area contributed by atoms with Crippen molar-refractivity contribution in [2.75, 3.05) is 11.1 Å². The van der Waals surface area contributed by atoms with E-state index >= 15 is 0 Å². The van der Waals surface area contributed by atoms with E-state index in [2.05, 4.69) is 29.1 Å². The molecule has 0 aliphatic carbocycles. The minimum absolute atomic E-state index is 0.129. The van der Waals surface area contributed by atoms with Gasteiger partial charge in [-0.25, -0.2) is 4.98 Å². The average Bonchev–Trinajstić information content (AvgIpc) is 2.31. The summed E-state index contributed by atoms with van der Waals surface area (Å²) in [5.74, 6) is 0.392. The van der Waals surface area contributed by atoms with Gasteiger partial charge in [0.2, 0.25) is 0 Å². The fraction of sp³-hybridized carbons (Fsp3) is 0.467. The first kappa shape index (κ1) is 14.4. The number of hydrogen-bond acceptors (Lipinski definition) is 4. The van der Waals surface area contributed by atoms with Crippen LogP contribution in [0.25, 0.3) is 11.0 Å². The van der Waals surface area contributed by atoms with E-state index in [4.69, 9.17) is 5.73 Å². The van der Waals surface area contributed by atoms with Crippen LogP contribution >= 0.6 is 0 Å². The summed E-state index contributed by atoms with van der Waals surface area (Å²) in [6, 6.07) is 3.94. The lowest BCUT2D eigenvalue weighted by atomic mass is 10.1. The van der Waals surface area contributed by atoms with Crippen LogP contribution in [0, 0.1) is 5.92 Å². The zero-order valence-electron chi connectivity index (χ0n) is 12.4. The molecule has 20 heavy (non-hydrogen) atoms. The molecule has 0 saturated heterocycles. The number of hydrogen-bond donors (Lipinski definition) is 3. The van der Waals surface area contributed by atoms with Gasteiger partial charge >= 0.3 is 0 Å². The first-order valence-corrected chi connectivity index (χ1v) is 6.95. The molecular weight excluding hydrogens is 252 g/mol. The maximum absolute atomic E-state index is 12.0. The van der Waals surface area contributed by atoms with Gasteiger partial charge in [-0.15, -0.1) is 0 Å². The van der Waals surface area contributed by atoms with Gasteiger partial charge in [0.05, 0.1) is 22.4 Å². The van der Waals surface area contributed by atoms with Crippen LogP contribution in [0.2, 0.25) is 0 Å². The molecule has 0 fully saturated rings. The van der Waals surface area contributed by atoms with Crippen LogP contribution in [0.4, 0.5) is 11.4 Å². The number of nitrogens with one attached hydrogen (secondary N) is 2. The number of nitrogen functional groups attached to an aromatic ring is 1. The third kappa shape index (κ3) is 3.10. The number of anilines is 2. The third-order valence-electron chi connectivity index (χ3n) is 2.98. The van der Waals surface area contributed by atoms with Crippen LogP contribution in [0.15, 0.2) is 16.9 Å². The second-order valence-corrected chi connectivity index (χ2v) is 5.87. The Kier molecular flexibility index (Phi) is 3.97.